The summed E-state index contributed by atoms with van der Waals surface area (Å²) < 4.78 is 4.52. The Morgan fingerprint density at radius 1 is 1.04 bits per heavy atom. The number of anilines is 3. The molecule has 0 N–H and O–H groups in total. The van der Waals surface area contributed by atoms with E-state index < -0.39 is 0 Å². The van der Waals surface area contributed by atoms with Crippen molar-refractivity contribution < 1.29 is 0 Å². The number of rotatable bonds is 3. The molecule has 0 amide bonds. The fraction of sp³-hybridized carbons (Fsp3) is 0.625. The number of nitrogens with zero attached hydrogens (tertiary/aromatic N) is 7. The molecular weight excluding hydrogens is 322 g/mol. The van der Waals surface area contributed by atoms with Crippen LogP contribution < -0.4 is 14.7 Å². The van der Waals surface area contributed by atoms with E-state index in [1.165, 1.54) is 11.5 Å². The lowest BCUT2D eigenvalue weighted by Gasteiger charge is -2.35. The van der Waals surface area contributed by atoms with Crippen LogP contribution in [0.3, 0.4) is 0 Å². The molecule has 0 aromatic carbocycles. The summed E-state index contributed by atoms with van der Waals surface area (Å²) in [5.41, 5.74) is 0.000110. The first-order valence-corrected chi connectivity index (χ1v) is 8.96. The first-order chi connectivity index (χ1) is 11.3. The van der Waals surface area contributed by atoms with Crippen molar-refractivity contribution in [3.05, 3.63) is 18.1 Å². The van der Waals surface area contributed by atoms with Crippen molar-refractivity contribution in [2.75, 3.05) is 55.0 Å². The third-order valence-electron chi connectivity index (χ3n) is 3.99. The minimum absolute atomic E-state index is 0.000110. The van der Waals surface area contributed by atoms with Gasteiger partial charge in [0.2, 0.25) is 11.1 Å². The van der Waals surface area contributed by atoms with E-state index in [0.717, 1.165) is 48.9 Å². The van der Waals surface area contributed by atoms with Crippen LogP contribution in [0.2, 0.25) is 0 Å². The van der Waals surface area contributed by atoms with Gasteiger partial charge in [-0.3, -0.25) is 0 Å². The molecule has 2 aromatic heterocycles. The minimum Gasteiger partial charge on any atom is -0.353 e. The highest BCUT2D eigenvalue weighted by molar-refractivity contribution is 7.09. The molecule has 0 unspecified atom stereocenters. The van der Waals surface area contributed by atoms with Crippen LogP contribution in [0.15, 0.2) is 12.3 Å². The van der Waals surface area contributed by atoms with Gasteiger partial charge >= 0.3 is 0 Å². The van der Waals surface area contributed by atoms with Gasteiger partial charge in [-0.15, -0.1) is 0 Å². The Morgan fingerprint density at radius 3 is 2.29 bits per heavy atom. The average Bonchev–Trinajstić information content (AvgIpc) is 3.05. The molecule has 8 heteroatoms. The molecule has 1 aliphatic heterocycles. The smallest absolute Gasteiger partial charge is 0.226 e. The van der Waals surface area contributed by atoms with Gasteiger partial charge in [-0.2, -0.15) is 9.36 Å². The highest BCUT2D eigenvalue weighted by Crippen LogP contribution is 2.26. The third-order valence-corrected chi connectivity index (χ3v) is 4.77. The molecule has 0 spiro atoms. The zero-order valence-corrected chi connectivity index (χ0v) is 15.8. The Kier molecular flexibility index (Phi) is 4.58. The maximum atomic E-state index is 4.72. The predicted octanol–water partition coefficient (Wildman–Crippen LogP) is 2.02. The first kappa shape index (κ1) is 16.9. The van der Waals surface area contributed by atoms with E-state index in [1.54, 1.807) is 0 Å². The second kappa shape index (κ2) is 6.51. The van der Waals surface area contributed by atoms with E-state index in [4.69, 9.17) is 4.98 Å². The Labute approximate surface area is 147 Å². The van der Waals surface area contributed by atoms with Crippen molar-refractivity contribution in [1.82, 2.24) is 19.3 Å². The molecule has 0 saturated carbocycles. The lowest BCUT2D eigenvalue weighted by molar-refractivity contribution is 0.553. The molecule has 3 rings (SSSR count). The topological polar surface area (TPSA) is 61.3 Å². The van der Waals surface area contributed by atoms with Crippen molar-refractivity contribution in [3.63, 3.8) is 0 Å². The van der Waals surface area contributed by atoms with Crippen LogP contribution in [0.25, 0.3) is 0 Å². The van der Waals surface area contributed by atoms with Crippen molar-refractivity contribution in [3.8, 4) is 0 Å². The zero-order chi connectivity index (χ0) is 17.3. The molecule has 130 valence electrons. The van der Waals surface area contributed by atoms with Crippen molar-refractivity contribution in [1.29, 1.82) is 0 Å². The Hall–Kier alpha value is -1.96. The second-order valence-electron chi connectivity index (χ2n) is 7.23. The van der Waals surface area contributed by atoms with E-state index in [9.17, 15) is 0 Å². The summed E-state index contributed by atoms with van der Waals surface area (Å²) in [4.78, 5) is 20.2. The Bertz CT molecular complexity index is 684. The van der Waals surface area contributed by atoms with Gasteiger partial charge in [0.05, 0.1) is 0 Å². The van der Waals surface area contributed by atoms with Crippen LogP contribution in [0.1, 0.15) is 26.6 Å². The maximum Gasteiger partial charge on any atom is 0.226 e. The van der Waals surface area contributed by atoms with Gasteiger partial charge in [-0.05, 0) is 6.07 Å². The molecule has 0 atom stereocenters. The number of hydrogen-bond donors (Lipinski definition) is 0. The quantitative estimate of drug-likeness (QED) is 0.842. The van der Waals surface area contributed by atoms with Gasteiger partial charge in [-0.1, -0.05) is 20.8 Å². The van der Waals surface area contributed by atoms with Crippen LogP contribution in [0.4, 0.5) is 16.9 Å². The molecule has 0 radical (unpaired) electrons. The molecule has 0 aliphatic carbocycles. The van der Waals surface area contributed by atoms with E-state index in [-0.39, 0.29) is 5.41 Å². The van der Waals surface area contributed by atoms with Crippen molar-refractivity contribution in [2.45, 2.75) is 26.2 Å². The number of aromatic nitrogens is 4. The van der Waals surface area contributed by atoms with E-state index >= 15 is 0 Å². The summed E-state index contributed by atoms with van der Waals surface area (Å²) in [5.74, 6) is 2.66. The van der Waals surface area contributed by atoms with Gasteiger partial charge in [-0.25, -0.2) is 9.97 Å². The average molecular weight is 347 g/mol. The maximum absolute atomic E-state index is 4.72. The fourth-order valence-corrected chi connectivity index (χ4v) is 3.41. The number of piperazine rings is 1. The largest absolute Gasteiger partial charge is 0.353 e. The normalized spacial score (nSPS) is 15.7. The summed E-state index contributed by atoms with van der Waals surface area (Å²) >= 11 is 1.50. The Morgan fingerprint density at radius 2 is 1.71 bits per heavy atom. The fourth-order valence-electron chi connectivity index (χ4n) is 2.51. The highest BCUT2D eigenvalue weighted by atomic mass is 32.1. The molecule has 7 nitrogen and oxygen atoms in total. The van der Waals surface area contributed by atoms with Gasteiger partial charge < -0.3 is 14.7 Å². The molecule has 1 saturated heterocycles. The van der Waals surface area contributed by atoms with E-state index in [2.05, 4.69) is 44.9 Å². The number of hydrogen-bond acceptors (Lipinski definition) is 8. The minimum atomic E-state index is 0.000110. The van der Waals surface area contributed by atoms with Gasteiger partial charge in [0.1, 0.15) is 11.6 Å². The van der Waals surface area contributed by atoms with Gasteiger partial charge in [0.15, 0.2) is 0 Å². The van der Waals surface area contributed by atoms with Crippen LogP contribution in [-0.2, 0) is 5.41 Å². The van der Waals surface area contributed by atoms with Crippen LogP contribution in [0.5, 0.6) is 0 Å². The van der Waals surface area contributed by atoms with Crippen LogP contribution in [0, 0.1) is 0 Å². The lowest BCUT2D eigenvalue weighted by Crippen LogP contribution is -2.47. The molecule has 1 fully saturated rings. The predicted molar refractivity (Wildman–Crippen MR) is 99.4 cm³/mol. The lowest BCUT2D eigenvalue weighted by atomic mass is 9.96. The van der Waals surface area contributed by atoms with Crippen molar-refractivity contribution >= 4 is 28.4 Å². The first-order valence-electron chi connectivity index (χ1n) is 8.19. The molecular formula is C16H25N7S. The Balaban J connectivity index is 1.65. The monoisotopic (exact) mass is 347 g/mol. The standard InChI is InChI=1S/C16H25N7S/c1-16(2,3)13-19-15(24-20-13)23-10-8-22(9-11-23)12-6-7-17-14(18-12)21(4)5/h6-7H,8-11H2,1-5H3. The van der Waals surface area contributed by atoms with Crippen LogP contribution >= 0.6 is 11.5 Å². The highest BCUT2D eigenvalue weighted by Gasteiger charge is 2.24. The van der Waals surface area contributed by atoms with E-state index in [0.29, 0.717) is 0 Å². The molecule has 1 aliphatic rings. The van der Waals surface area contributed by atoms with Crippen molar-refractivity contribution in [2.24, 2.45) is 0 Å². The molecule has 2 aromatic rings. The SMILES string of the molecule is CN(C)c1nccc(N2CCN(c3nc(C(C)(C)C)ns3)CC2)n1. The molecule has 0 bridgehead atoms. The summed E-state index contributed by atoms with van der Waals surface area (Å²) in [6.07, 6.45) is 1.82. The summed E-state index contributed by atoms with van der Waals surface area (Å²) in [6.45, 7) is 10.2. The third kappa shape index (κ3) is 3.58. The second-order valence-corrected chi connectivity index (χ2v) is 7.96. The van der Waals surface area contributed by atoms with Gasteiger partial charge in [0.25, 0.3) is 0 Å². The molecule has 24 heavy (non-hydrogen) atoms. The van der Waals surface area contributed by atoms with Crippen LogP contribution in [-0.4, -0.2) is 59.6 Å². The zero-order valence-electron chi connectivity index (χ0n) is 15.0. The van der Waals surface area contributed by atoms with E-state index in [1.807, 2.05) is 31.3 Å². The molecule has 3 heterocycles. The summed E-state index contributed by atoms with van der Waals surface area (Å²) in [7, 11) is 3.92. The summed E-state index contributed by atoms with van der Waals surface area (Å²) in [5, 5.41) is 1.02. The van der Waals surface area contributed by atoms with Gasteiger partial charge in [0, 0.05) is 63.4 Å². The summed E-state index contributed by atoms with van der Waals surface area (Å²) in [6, 6.07) is 1.98.